The molecular weight excluding hydrogens is 286 g/mol. The normalized spacial score (nSPS) is 20.7. The van der Waals surface area contributed by atoms with Crippen LogP contribution in [0.1, 0.15) is 29.5 Å². The molecule has 0 saturated carbocycles. The molecule has 5 nitrogen and oxygen atoms in total. The van der Waals surface area contributed by atoms with Crippen LogP contribution in [0.4, 0.5) is 5.69 Å². The molecule has 1 aliphatic rings. The van der Waals surface area contributed by atoms with Crippen molar-refractivity contribution < 1.29 is 8.42 Å². The summed E-state index contributed by atoms with van der Waals surface area (Å²) in [6.07, 6.45) is 1.89. The number of benzene rings is 1. The highest BCUT2D eigenvalue weighted by Crippen LogP contribution is 2.28. The first-order chi connectivity index (χ1) is 9.72. The van der Waals surface area contributed by atoms with Crippen LogP contribution in [0.2, 0.25) is 0 Å². The van der Waals surface area contributed by atoms with Crippen molar-refractivity contribution in [3.63, 3.8) is 0 Å². The van der Waals surface area contributed by atoms with Crippen LogP contribution in [0.25, 0.3) is 0 Å². The molecule has 3 N–H and O–H groups in total. The van der Waals surface area contributed by atoms with Gasteiger partial charge in [0.2, 0.25) is 10.0 Å². The Kier molecular flexibility index (Phi) is 4.60. The number of likely N-dealkylation sites (N-methyl/N-ethyl adjacent to an activating group) is 1. The molecule has 0 aromatic heterocycles. The first-order valence-electron chi connectivity index (χ1n) is 7.29. The summed E-state index contributed by atoms with van der Waals surface area (Å²) in [5, 5.41) is 0. The Morgan fingerprint density at radius 1 is 1.29 bits per heavy atom. The van der Waals surface area contributed by atoms with E-state index in [0.29, 0.717) is 16.1 Å². The summed E-state index contributed by atoms with van der Waals surface area (Å²) in [6.45, 7) is 7.26. The van der Waals surface area contributed by atoms with E-state index in [1.165, 1.54) is 0 Å². The molecular formula is C15H25N3O2S. The molecule has 0 bridgehead atoms. The maximum absolute atomic E-state index is 12.7. The molecule has 1 aliphatic heterocycles. The van der Waals surface area contributed by atoms with Gasteiger partial charge in [0.1, 0.15) is 0 Å². The van der Waals surface area contributed by atoms with Crippen LogP contribution in [-0.2, 0) is 10.0 Å². The first kappa shape index (κ1) is 16.3. The van der Waals surface area contributed by atoms with Crippen LogP contribution in [0.15, 0.2) is 11.0 Å². The third-order valence-corrected chi connectivity index (χ3v) is 5.98. The van der Waals surface area contributed by atoms with Crippen molar-refractivity contribution in [2.45, 2.75) is 44.6 Å². The highest BCUT2D eigenvalue weighted by molar-refractivity contribution is 7.89. The molecule has 0 radical (unpaired) electrons. The minimum atomic E-state index is -3.54. The summed E-state index contributed by atoms with van der Waals surface area (Å²) in [4.78, 5) is 2.48. The molecule has 1 saturated heterocycles. The van der Waals surface area contributed by atoms with Gasteiger partial charge >= 0.3 is 0 Å². The van der Waals surface area contributed by atoms with Crippen molar-refractivity contribution in [2.75, 3.05) is 25.9 Å². The van der Waals surface area contributed by atoms with Crippen LogP contribution in [0.5, 0.6) is 0 Å². The summed E-state index contributed by atoms with van der Waals surface area (Å²) >= 11 is 0. The van der Waals surface area contributed by atoms with E-state index in [2.05, 4.69) is 9.62 Å². The fourth-order valence-corrected chi connectivity index (χ4v) is 4.88. The van der Waals surface area contributed by atoms with Gasteiger partial charge in [0, 0.05) is 18.3 Å². The second-order valence-electron chi connectivity index (χ2n) is 6.10. The van der Waals surface area contributed by atoms with Gasteiger partial charge < -0.3 is 10.6 Å². The monoisotopic (exact) mass is 311 g/mol. The molecule has 1 atom stereocenters. The summed E-state index contributed by atoms with van der Waals surface area (Å²) in [5.41, 5.74) is 8.87. The van der Waals surface area contributed by atoms with Gasteiger partial charge in [-0.2, -0.15) is 0 Å². The molecule has 0 aliphatic carbocycles. The van der Waals surface area contributed by atoms with E-state index in [1.54, 1.807) is 6.92 Å². The zero-order valence-corrected chi connectivity index (χ0v) is 14.0. The Hall–Kier alpha value is -1.11. The van der Waals surface area contributed by atoms with Gasteiger partial charge in [-0.25, -0.2) is 13.1 Å². The van der Waals surface area contributed by atoms with E-state index in [-0.39, 0.29) is 6.04 Å². The molecule has 0 spiro atoms. The molecule has 1 aromatic rings. The maximum Gasteiger partial charge on any atom is 0.241 e. The number of nitrogens with one attached hydrogen (secondary N) is 1. The number of sulfonamides is 1. The van der Waals surface area contributed by atoms with Crippen molar-refractivity contribution in [1.82, 2.24) is 9.62 Å². The van der Waals surface area contributed by atoms with Gasteiger partial charge in [-0.05, 0) is 63.9 Å². The van der Waals surface area contributed by atoms with Gasteiger partial charge in [-0.1, -0.05) is 6.07 Å². The van der Waals surface area contributed by atoms with E-state index in [9.17, 15) is 8.42 Å². The number of hydrogen-bond acceptors (Lipinski definition) is 4. The van der Waals surface area contributed by atoms with Gasteiger partial charge in [0.05, 0.1) is 4.90 Å². The third-order valence-electron chi connectivity index (χ3n) is 4.18. The lowest BCUT2D eigenvalue weighted by molar-refractivity contribution is 0.242. The maximum atomic E-state index is 12.7. The van der Waals surface area contributed by atoms with Gasteiger partial charge in [-0.15, -0.1) is 0 Å². The average molecular weight is 311 g/mol. The van der Waals surface area contributed by atoms with Gasteiger partial charge in [0.15, 0.2) is 0 Å². The van der Waals surface area contributed by atoms with E-state index in [1.807, 2.05) is 27.0 Å². The predicted molar refractivity (Wildman–Crippen MR) is 85.9 cm³/mol. The van der Waals surface area contributed by atoms with Crippen molar-refractivity contribution >= 4 is 15.7 Å². The number of nitrogen functional groups attached to an aromatic ring is 1. The second kappa shape index (κ2) is 5.94. The van der Waals surface area contributed by atoms with E-state index in [0.717, 1.165) is 37.1 Å². The SMILES string of the molecule is Cc1cc(C)c(S(=O)(=O)NC2CCCN(C)C2)c(C)c1N. The number of nitrogens with two attached hydrogens (primary N) is 1. The predicted octanol–water partition coefficient (Wildman–Crippen LogP) is 1.57. The highest BCUT2D eigenvalue weighted by atomic mass is 32.2. The van der Waals surface area contributed by atoms with Gasteiger partial charge in [0.25, 0.3) is 0 Å². The number of anilines is 1. The van der Waals surface area contributed by atoms with Crippen molar-refractivity contribution in [2.24, 2.45) is 0 Å². The minimum absolute atomic E-state index is 0.0323. The second-order valence-corrected chi connectivity index (χ2v) is 7.75. The van der Waals surface area contributed by atoms with Crippen molar-refractivity contribution in [1.29, 1.82) is 0 Å². The Morgan fingerprint density at radius 2 is 1.95 bits per heavy atom. The molecule has 1 fully saturated rings. The molecule has 2 rings (SSSR count). The van der Waals surface area contributed by atoms with Crippen molar-refractivity contribution in [3.8, 4) is 0 Å². The Labute approximate surface area is 127 Å². The van der Waals surface area contributed by atoms with E-state index >= 15 is 0 Å². The van der Waals surface area contributed by atoms with Gasteiger partial charge in [-0.3, -0.25) is 0 Å². The zero-order valence-electron chi connectivity index (χ0n) is 13.2. The number of nitrogens with zero attached hydrogens (tertiary/aromatic N) is 1. The van der Waals surface area contributed by atoms with E-state index < -0.39 is 10.0 Å². The van der Waals surface area contributed by atoms with Crippen molar-refractivity contribution in [3.05, 3.63) is 22.8 Å². The summed E-state index contributed by atoms with van der Waals surface area (Å²) in [6, 6.07) is 1.80. The lowest BCUT2D eigenvalue weighted by Gasteiger charge is -2.30. The Balaban J connectivity index is 2.34. The molecule has 21 heavy (non-hydrogen) atoms. The molecule has 6 heteroatoms. The fraction of sp³-hybridized carbons (Fsp3) is 0.600. The number of likely N-dealkylation sites (tertiary alicyclic amines) is 1. The Bertz CT molecular complexity index is 641. The first-order valence-corrected chi connectivity index (χ1v) is 8.78. The minimum Gasteiger partial charge on any atom is -0.398 e. The Morgan fingerprint density at radius 3 is 2.57 bits per heavy atom. The number of piperidine rings is 1. The number of rotatable bonds is 3. The molecule has 1 heterocycles. The highest BCUT2D eigenvalue weighted by Gasteiger charge is 2.27. The topological polar surface area (TPSA) is 75.4 Å². The third kappa shape index (κ3) is 3.39. The lowest BCUT2D eigenvalue weighted by atomic mass is 10.1. The van der Waals surface area contributed by atoms with Crippen LogP contribution >= 0.6 is 0 Å². The van der Waals surface area contributed by atoms with Crippen LogP contribution in [-0.4, -0.2) is 39.5 Å². The summed E-state index contributed by atoms with van der Waals surface area (Å²) in [7, 11) is -1.53. The average Bonchev–Trinajstić information content (AvgIpc) is 2.35. The lowest BCUT2D eigenvalue weighted by Crippen LogP contribution is -2.46. The standard InChI is InChI=1S/C15H25N3O2S/c1-10-8-11(2)15(12(3)14(10)16)21(19,20)17-13-6-5-7-18(4)9-13/h8,13,17H,5-7,9,16H2,1-4H3. The van der Waals surface area contributed by atoms with Crippen LogP contribution in [0, 0.1) is 20.8 Å². The largest absolute Gasteiger partial charge is 0.398 e. The van der Waals surface area contributed by atoms with Crippen LogP contribution < -0.4 is 10.5 Å². The summed E-state index contributed by atoms with van der Waals surface area (Å²) < 4.78 is 28.3. The molecule has 0 amide bonds. The number of hydrogen-bond donors (Lipinski definition) is 2. The summed E-state index contributed by atoms with van der Waals surface area (Å²) in [5.74, 6) is 0. The molecule has 1 aromatic carbocycles. The number of aryl methyl sites for hydroxylation is 2. The molecule has 118 valence electrons. The van der Waals surface area contributed by atoms with Crippen LogP contribution in [0.3, 0.4) is 0 Å². The fourth-order valence-electron chi connectivity index (χ4n) is 3.14. The smallest absolute Gasteiger partial charge is 0.241 e. The molecule has 1 unspecified atom stereocenters. The zero-order chi connectivity index (χ0) is 15.8. The quantitative estimate of drug-likeness (QED) is 0.831. The van der Waals surface area contributed by atoms with E-state index in [4.69, 9.17) is 5.73 Å².